The summed E-state index contributed by atoms with van der Waals surface area (Å²) in [6, 6.07) is 6.04. The predicted octanol–water partition coefficient (Wildman–Crippen LogP) is 4.16. The molecule has 154 valence electrons. The van der Waals surface area contributed by atoms with E-state index in [1.807, 2.05) is 43.2 Å². The van der Waals surface area contributed by atoms with Crippen molar-refractivity contribution in [2.75, 3.05) is 5.32 Å². The van der Waals surface area contributed by atoms with Crippen molar-refractivity contribution in [1.29, 1.82) is 0 Å². The summed E-state index contributed by atoms with van der Waals surface area (Å²) in [5, 5.41) is 7.84. The molecule has 0 bridgehead atoms. The topological polar surface area (TPSA) is 79.7 Å². The number of nitrogens with one attached hydrogen (secondary N) is 3. The summed E-state index contributed by atoms with van der Waals surface area (Å²) in [7, 11) is 1.93. The number of pyridine rings is 2. The Morgan fingerprint density at radius 3 is 2.80 bits per heavy atom. The molecule has 0 saturated heterocycles. The summed E-state index contributed by atoms with van der Waals surface area (Å²) in [6.07, 6.45) is 14.7. The minimum Gasteiger partial charge on any atom is -0.325 e. The van der Waals surface area contributed by atoms with Crippen LogP contribution in [-0.4, -0.2) is 19.7 Å². The fourth-order valence-corrected chi connectivity index (χ4v) is 4.43. The molecule has 0 unspecified atom stereocenters. The van der Waals surface area contributed by atoms with Crippen molar-refractivity contribution >= 4 is 16.9 Å². The van der Waals surface area contributed by atoms with Crippen LogP contribution in [0.2, 0.25) is 0 Å². The van der Waals surface area contributed by atoms with Gasteiger partial charge in [0.1, 0.15) is 11.6 Å². The Balaban J connectivity index is 1.40. The normalized spacial score (nSPS) is 17.1. The Kier molecular flexibility index (Phi) is 4.86. The maximum atomic E-state index is 4.80. The third-order valence-corrected chi connectivity index (χ3v) is 5.96. The summed E-state index contributed by atoms with van der Waals surface area (Å²) < 4.78 is 1.83. The number of fused-ring (bicyclic) bond motifs is 1. The Morgan fingerprint density at radius 1 is 1.13 bits per heavy atom. The van der Waals surface area contributed by atoms with Gasteiger partial charge in [-0.05, 0) is 55.5 Å². The number of hydrogen-bond acceptors (Lipinski definition) is 6. The first-order valence-corrected chi connectivity index (χ1v) is 10.6. The molecule has 7 nitrogen and oxygen atoms in total. The summed E-state index contributed by atoms with van der Waals surface area (Å²) >= 11 is 0. The minimum atomic E-state index is 0.643. The quantitative estimate of drug-likeness (QED) is 0.609. The molecule has 0 spiro atoms. The molecule has 3 aromatic rings. The summed E-state index contributed by atoms with van der Waals surface area (Å²) in [5.41, 5.74) is 12.5. The van der Waals surface area contributed by atoms with E-state index in [-0.39, 0.29) is 0 Å². The van der Waals surface area contributed by atoms with Crippen molar-refractivity contribution in [1.82, 2.24) is 30.6 Å². The third kappa shape index (κ3) is 3.75. The van der Waals surface area contributed by atoms with Crippen molar-refractivity contribution in [3.8, 4) is 11.1 Å². The maximum absolute atomic E-state index is 4.80. The van der Waals surface area contributed by atoms with E-state index in [0.29, 0.717) is 5.92 Å². The standard InChI is InChI=1S/C23H27N7/c1-15-19(14-30(2)29-15)18-10-21-20(24-12-18)8-9-22(26-21)27-23-11-17(13-25-28-23)16-6-4-3-5-7-16/h8-14,16,25,28H,3-7H2,1-2H3,(H,26,27). The van der Waals surface area contributed by atoms with E-state index in [4.69, 9.17) is 4.98 Å². The van der Waals surface area contributed by atoms with E-state index in [1.165, 1.54) is 37.7 Å². The van der Waals surface area contributed by atoms with Crippen LogP contribution in [0.25, 0.3) is 22.2 Å². The van der Waals surface area contributed by atoms with Crippen LogP contribution < -0.4 is 16.2 Å². The first kappa shape index (κ1) is 18.7. The van der Waals surface area contributed by atoms with Gasteiger partial charge in [0.2, 0.25) is 0 Å². The van der Waals surface area contributed by atoms with Crippen molar-refractivity contribution in [2.45, 2.75) is 39.0 Å². The van der Waals surface area contributed by atoms with Crippen LogP contribution in [0.4, 0.5) is 5.82 Å². The zero-order chi connectivity index (χ0) is 20.5. The van der Waals surface area contributed by atoms with Gasteiger partial charge in [0.05, 0.1) is 16.7 Å². The number of aryl methyl sites for hydroxylation is 2. The zero-order valence-electron chi connectivity index (χ0n) is 17.4. The second-order valence-corrected chi connectivity index (χ2v) is 8.19. The van der Waals surface area contributed by atoms with Gasteiger partial charge >= 0.3 is 0 Å². The zero-order valence-corrected chi connectivity index (χ0v) is 17.4. The third-order valence-electron chi connectivity index (χ3n) is 5.96. The molecule has 2 aliphatic rings. The van der Waals surface area contributed by atoms with Gasteiger partial charge in [0.15, 0.2) is 0 Å². The van der Waals surface area contributed by atoms with Crippen molar-refractivity contribution in [3.05, 3.63) is 60.0 Å². The number of anilines is 1. The van der Waals surface area contributed by atoms with Crippen molar-refractivity contribution in [2.24, 2.45) is 13.0 Å². The predicted molar refractivity (Wildman–Crippen MR) is 119 cm³/mol. The van der Waals surface area contributed by atoms with E-state index in [1.54, 1.807) is 0 Å². The Morgan fingerprint density at radius 2 is 2.00 bits per heavy atom. The molecule has 0 amide bonds. The van der Waals surface area contributed by atoms with Gasteiger partial charge < -0.3 is 10.7 Å². The molecule has 4 heterocycles. The molecule has 1 aliphatic heterocycles. The number of aromatic nitrogens is 4. The summed E-state index contributed by atoms with van der Waals surface area (Å²) in [4.78, 5) is 9.39. The fourth-order valence-electron chi connectivity index (χ4n) is 4.43. The van der Waals surface area contributed by atoms with E-state index >= 15 is 0 Å². The molecule has 0 aromatic carbocycles. The van der Waals surface area contributed by atoms with Gasteiger partial charge in [-0.25, -0.2) is 4.98 Å². The molecule has 3 aromatic heterocycles. The number of rotatable bonds is 4. The molecule has 1 saturated carbocycles. The first-order chi connectivity index (χ1) is 14.7. The van der Waals surface area contributed by atoms with Gasteiger partial charge in [-0.2, -0.15) is 5.10 Å². The van der Waals surface area contributed by atoms with Gasteiger partial charge in [0, 0.05) is 36.8 Å². The molecule has 3 N–H and O–H groups in total. The number of hydrogen-bond donors (Lipinski definition) is 3. The van der Waals surface area contributed by atoms with E-state index in [2.05, 4.69) is 44.6 Å². The lowest BCUT2D eigenvalue weighted by Crippen LogP contribution is -2.34. The second kappa shape index (κ2) is 7.82. The lowest BCUT2D eigenvalue weighted by atomic mass is 9.84. The molecular formula is C23H27N7. The van der Waals surface area contributed by atoms with Crippen molar-refractivity contribution < 1.29 is 0 Å². The Hall–Kier alpha value is -3.35. The lowest BCUT2D eigenvalue weighted by molar-refractivity contribution is 0.404. The minimum absolute atomic E-state index is 0.643. The summed E-state index contributed by atoms with van der Waals surface area (Å²) in [5.74, 6) is 2.34. The van der Waals surface area contributed by atoms with Gasteiger partial charge in [-0.1, -0.05) is 19.3 Å². The van der Waals surface area contributed by atoms with Crippen molar-refractivity contribution in [3.63, 3.8) is 0 Å². The van der Waals surface area contributed by atoms with Crippen LogP contribution in [0.1, 0.15) is 37.8 Å². The van der Waals surface area contributed by atoms with Gasteiger partial charge in [0.25, 0.3) is 0 Å². The molecule has 0 atom stereocenters. The van der Waals surface area contributed by atoms with Crippen LogP contribution in [0.5, 0.6) is 0 Å². The molecule has 0 radical (unpaired) electrons. The van der Waals surface area contributed by atoms with Crippen LogP contribution in [0, 0.1) is 12.8 Å². The largest absolute Gasteiger partial charge is 0.325 e. The van der Waals surface area contributed by atoms with Gasteiger partial charge in [-0.3, -0.25) is 15.1 Å². The average molecular weight is 402 g/mol. The molecule has 30 heavy (non-hydrogen) atoms. The van der Waals surface area contributed by atoms with E-state index in [0.717, 1.165) is 39.5 Å². The molecule has 7 heteroatoms. The maximum Gasteiger partial charge on any atom is 0.132 e. The Labute approximate surface area is 176 Å². The molecule has 1 fully saturated rings. The molecule has 5 rings (SSSR count). The number of nitrogens with zero attached hydrogens (tertiary/aromatic N) is 4. The highest BCUT2D eigenvalue weighted by Crippen LogP contribution is 2.31. The highest BCUT2D eigenvalue weighted by Gasteiger charge is 2.19. The fraction of sp³-hybridized carbons (Fsp3) is 0.348. The second-order valence-electron chi connectivity index (χ2n) is 8.19. The van der Waals surface area contributed by atoms with Crippen LogP contribution in [-0.2, 0) is 7.05 Å². The van der Waals surface area contributed by atoms with Crippen LogP contribution >= 0.6 is 0 Å². The smallest absolute Gasteiger partial charge is 0.132 e. The van der Waals surface area contributed by atoms with E-state index in [9.17, 15) is 0 Å². The Bertz CT molecular complexity index is 1140. The highest BCUT2D eigenvalue weighted by atomic mass is 15.4. The lowest BCUT2D eigenvalue weighted by Gasteiger charge is -2.26. The molecule has 1 aliphatic carbocycles. The summed E-state index contributed by atoms with van der Waals surface area (Å²) in [6.45, 7) is 2.01. The highest BCUT2D eigenvalue weighted by molar-refractivity contribution is 5.82. The number of hydrazine groups is 1. The average Bonchev–Trinajstić information content (AvgIpc) is 3.12. The first-order valence-electron chi connectivity index (χ1n) is 10.6. The van der Waals surface area contributed by atoms with Gasteiger partial charge in [-0.15, -0.1) is 0 Å². The molecular weight excluding hydrogens is 374 g/mol. The number of allylic oxidation sites excluding steroid dienone is 2. The SMILES string of the molecule is Cc1nn(C)cc1-c1cnc2ccc(NC3=CC(C4CCCCC4)=CNN3)nc2c1. The van der Waals surface area contributed by atoms with E-state index < -0.39 is 0 Å². The monoisotopic (exact) mass is 401 g/mol. The van der Waals surface area contributed by atoms with Crippen LogP contribution in [0.15, 0.2) is 54.3 Å². The van der Waals surface area contributed by atoms with Crippen LogP contribution in [0.3, 0.4) is 0 Å².